The van der Waals surface area contributed by atoms with Crippen LogP contribution < -0.4 is 5.73 Å². The van der Waals surface area contributed by atoms with Crippen LogP contribution in [0.1, 0.15) is 34.6 Å². The number of anilines is 1. The van der Waals surface area contributed by atoms with E-state index in [0.717, 1.165) is 28.6 Å². The first kappa shape index (κ1) is 14.1. The van der Waals surface area contributed by atoms with Gasteiger partial charge in [-0.2, -0.15) is 5.10 Å². The van der Waals surface area contributed by atoms with Crippen LogP contribution in [0.3, 0.4) is 0 Å². The van der Waals surface area contributed by atoms with Crippen LogP contribution in [-0.4, -0.2) is 27.0 Å². The van der Waals surface area contributed by atoms with E-state index in [0.29, 0.717) is 24.0 Å². The van der Waals surface area contributed by atoms with E-state index < -0.39 is 0 Å². The number of H-pyrrole nitrogens is 1. The molecule has 1 heterocycles. The van der Waals surface area contributed by atoms with Crippen LogP contribution in [-0.2, 0) is 6.54 Å². The second-order valence-electron chi connectivity index (χ2n) is 5.37. The van der Waals surface area contributed by atoms with Crippen LogP contribution in [0.25, 0.3) is 0 Å². The zero-order valence-corrected chi connectivity index (χ0v) is 13.4. The molecule has 110 valence electrons. The Bertz CT molecular complexity index is 678. The van der Waals surface area contributed by atoms with E-state index in [1.807, 2.05) is 36.1 Å². The number of benzene rings is 1. The smallest absolute Gasteiger partial charge is 0.277 e. The number of aromatic amines is 1. The van der Waals surface area contributed by atoms with Crippen LogP contribution in [0.5, 0.6) is 0 Å². The summed E-state index contributed by atoms with van der Waals surface area (Å²) >= 11 is 3.53. The van der Waals surface area contributed by atoms with Crippen LogP contribution >= 0.6 is 15.9 Å². The molecule has 2 aromatic rings. The van der Waals surface area contributed by atoms with E-state index in [4.69, 9.17) is 5.73 Å². The third-order valence-electron chi connectivity index (χ3n) is 3.74. The Hall–Kier alpha value is -1.82. The molecule has 1 aliphatic rings. The van der Waals surface area contributed by atoms with Gasteiger partial charge in [0.1, 0.15) is 0 Å². The Morgan fingerprint density at radius 3 is 2.76 bits per heavy atom. The van der Waals surface area contributed by atoms with Crippen molar-refractivity contribution in [2.24, 2.45) is 0 Å². The Morgan fingerprint density at radius 1 is 1.48 bits per heavy atom. The number of aryl methyl sites for hydroxylation is 1. The van der Waals surface area contributed by atoms with Crippen molar-refractivity contribution < 1.29 is 4.79 Å². The van der Waals surface area contributed by atoms with Gasteiger partial charge in [0.05, 0.1) is 11.4 Å². The molecule has 1 saturated carbocycles. The van der Waals surface area contributed by atoms with Gasteiger partial charge in [0.25, 0.3) is 5.91 Å². The van der Waals surface area contributed by atoms with E-state index in [1.165, 1.54) is 0 Å². The Morgan fingerprint density at radius 2 is 2.19 bits per heavy atom. The van der Waals surface area contributed by atoms with Gasteiger partial charge in [0.15, 0.2) is 5.69 Å². The first-order valence-electron chi connectivity index (χ1n) is 6.92. The maximum atomic E-state index is 12.7. The SMILES string of the molecule is Cc1[nH]nc(C(=O)N(Cc2ccccc2Br)C2CC2)c1N. The first-order chi connectivity index (χ1) is 10.1. The zero-order chi connectivity index (χ0) is 15.0. The van der Waals surface area contributed by atoms with Crippen molar-refractivity contribution >= 4 is 27.5 Å². The van der Waals surface area contributed by atoms with Crippen molar-refractivity contribution in [3.8, 4) is 0 Å². The maximum absolute atomic E-state index is 12.7. The molecule has 6 heteroatoms. The summed E-state index contributed by atoms with van der Waals surface area (Å²) in [5.74, 6) is -0.102. The molecule has 0 radical (unpaired) electrons. The lowest BCUT2D eigenvalue weighted by Gasteiger charge is -2.22. The van der Waals surface area contributed by atoms with Crippen molar-refractivity contribution in [1.29, 1.82) is 0 Å². The number of carbonyl (C=O) groups excluding carboxylic acids is 1. The number of halogens is 1. The zero-order valence-electron chi connectivity index (χ0n) is 11.8. The van der Waals surface area contributed by atoms with E-state index in [1.54, 1.807) is 0 Å². The molecule has 1 amide bonds. The third kappa shape index (κ3) is 2.81. The van der Waals surface area contributed by atoms with Gasteiger partial charge in [-0.15, -0.1) is 0 Å². The predicted molar refractivity (Wildman–Crippen MR) is 84.8 cm³/mol. The number of nitrogens with two attached hydrogens (primary N) is 1. The summed E-state index contributed by atoms with van der Waals surface area (Å²) in [6, 6.07) is 8.24. The largest absolute Gasteiger partial charge is 0.395 e. The van der Waals surface area contributed by atoms with E-state index in [-0.39, 0.29) is 5.91 Å². The molecule has 0 bridgehead atoms. The van der Waals surface area contributed by atoms with Crippen molar-refractivity contribution in [3.05, 3.63) is 45.7 Å². The first-order valence-corrected chi connectivity index (χ1v) is 7.72. The average molecular weight is 349 g/mol. The molecule has 0 saturated heterocycles. The van der Waals surface area contributed by atoms with Crippen molar-refractivity contribution in [1.82, 2.24) is 15.1 Å². The lowest BCUT2D eigenvalue weighted by molar-refractivity contribution is 0.0724. The number of aromatic nitrogens is 2. The fraction of sp³-hybridized carbons (Fsp3) is 0.333. The Balaban J connectivity index is 1.87. The van der Waals surface area contributed by atoms with Crippen LogP contribution in [0.4, 0.5) is 5.69 Å². The van der Waals surface area contributed by atoms with E-state index >= 15 is 0 Å². The molecule has 1 aliphatic carbocycles. The van der Waals surface area contributed by atoms with Crippen LogP contribution in [0.15, 0.2) is 28.7 Å². The molecule has 0 spiro atoms. The molecule has 0 atom stereocenters. The fourth-order valence-electron chi connectivity index (χ4n) is 2.30. The van der Waals surface area contributed by atoms with Crippen molar-refractivity contribution in [3.63, 3.8) is 0 Å². The highest BCUT2D eigenvalue weighted by Gasteiger charge is 2.35. The maximum Gasteiger partial charge on any atom is 0.277 e. The minimum atomic E-state index is -0.102. The third-order valence-corrected chi connectivity index (χ3v) is 4.52. The van der Waals surface area contributed by atoms with Gasteiger partial charge in [-0.1, -0.05) is 34.1 Å². The molecular weight excluding hydrogens is 332 g/mol. The monoisotopic (exact) mass is 348 g/mol. The summed E-state index contributed by atoms with van der Waals surface area (Å²) in [5, 5.41) is 6.83. The minimum Gasteiger partial charge on any atom is -0.395 e. The van der Waals surface area contributed by atoms with Gasteiger partial charge in [-0.05, 0) is 31.4 Å². The van der Waals surface area contributed by atoms with Gasteiger partial charge >= 0.3 is 0 Å². The number of rotatable bonds is 4. The number of carbonyl (C=O) groups is 1. The summed E-state index contributed by atoms with van der Waals surface area (Å²) in [6.07, 6.45) is 2.08. The molecule has 0 aliphatic heterocycles. The highest BCUT2D eigenvalue weighted by molar-refractivity contribution is 9.10. The van der Waals surface area contributed by atoms with Gasteiger partial charge in [-0.25, -0.2) is 0 Å². The molecule has 5 nitrogen and oxygen atoms in total. The highest BCUT2D eigenvalue weighted by Crippen LogP contribution is 2.32. The van der Waals surface area contributed by atoms with Gasteiger partial charge in [0.2, 0.25) is 0 Å². The van der Waals surface area contributed by atoms with Gasteiger partial charge in [-0.3, -0.25) is 9.89 Å². The summed E-state index contributed by atoms with van der Waals surface area (Å²) in [6.45, 7) is 2.38. The normalized spacial score (nSPS) is 14.2. The second kappa shape index (κ2) is 5.52. The lowest BCUT2D eigenvalue weighted by Crippen LogP contribution is -2.33. The summed E-state index contributed by atoms with van der Waals surface area (Å²) in [5.41, 5.74) is 8.52. The summed E-state index contributed by atoms with van der Waals surface area (Å²) in [4.78, 5) is 14.6. The molecule has 1 fully saturated rings. The van der Waals surface area contributed by atoms with E-state index in [9.17, 15) is 4.79 Å². The number of nitrogen functional groups attached to an aromatic ring is 1. The summed E-state index contributed by atoms with van der Waals surface area (Å²) in [7, 11) is 0. The standard InChI is InChI=1S/C15H17BrN4O/c1-9-13(17)14(19-18-9)15(21)20(11-6-7-11)8-10-4-2-3-5-12(10)16/h2-5,11H,6-8,17H2,1H3,(H,18,19). The number of hydrogen-bond acceptors (Lipinski definition) is 3. The quantitative estimate of drug-likeness (QED) is 0.891. The Labute approximate surface area is 131 Å². The molecule has 1 aromatic carbocycles. The fourth-order valence-corrected chi connectivity index (χ4v) is 2.71. The lowest BCUT2D eigenvalue weighted by atomic mass is 10.2. The number of nitrogens with one attached hydrogen (secondary N) is 1. The molecular formula is C15H17BrN4O. The average Bonchev–Trinajstić information content (AvgIpc) is 3.25. The highest BCUT2D eigenvalue weighted by atomic mass is 79.9. The van der Waals surface area contributed by atoms with Crippen molar-refractivity contribution in [2.75, 3.05) is 5.73 Å². The van der Waals surface area contributed by atoms with Crippen LogP contribution in [0.2, 0.25) is 0 Å². The Kier molecular flexibility index (Phi) is 3.71. The van der Waals surface area contributed by atoms with Crippen molar-refractivity contribution in [2.45, 2.75) is 32.4 Å². The number of nitrogens with zero attached hydrogens (tertiary/aromatic N) is 2. The molecule has 3 N–H and O–H groups in total. The van der Waals surface area contributed by atoms with Gasteiger partial charge < -0.3 is 10.6 Å². The minimum absolute atomic E-state index is 0.102. The predicted octanol–water partition coefficient (Wildman–Crippen LogP) is 2.87. The molecule has 0 unspecified atom stereocenters. The van der Waals surface area contributed by atoms with Gasteiger partial charge in [0, 0.05) is 17.1 Å². The van der Waals surface area contributed by atoms with E-state index in [2.05, 4.69) is 26.1 Å². The number of hydrogen-bond donors (Lipinski definition) is 2. The summed E-state index contributed by atoms with van der Waals surface area (Å²) < 4.78 is 1.01. The van der Waals surface area contributed by atoms with Crippen LogP contribution in [0, 0.1) is 6.92 Å². The second-order valence-corrected chi connectivity index (χ2v) is 6.22. The molecule has 1 aromatic heterocycles. The molecule has 3 rings (SSSR count). The molecule has 21 heavy (non-hydrogen) atoms. The number of amides is 1. The topological polar surface area (TPSA) is 75.0 Å².